The Morgan fingerprint density at radius 2 is 2.20 bits per heavy atom. The average molecular weight is 293 g/mol. The number of nitrogens with one attached hydrogen (secondary N) is 1. The van der Waals surface area contributed by atoms with Gasteiger partial charge in [-0.3, -0.25) is 0 Å². The molecule has 2 aliphatic rings. The summed E-state index contributed by atoms with van der Waals surface area (Å²) in [5, 5.41) is 4.82. The van der Waals surface area contributed by atoms with Gasteiger partial charge in [-0.15, -0.1) is 11.3 Å². The molecule has 0 bridgehead atoms. The Hall–Kier alpha value is -0.610. The second-order valence-corrected chi connectivity index (χ2v) is 7.89. The zero-order chi connectivity index (χ0) is 14.2. The highest BCUT2D eigenvalue weighted by atomic mass is 32.1. The van der Waals surface area contributed by atoms with Crippen LogP contribution in [0.1, 0.15) is 69.4 Å². The Bertz CT molecular complexity index is 462. The molecule has 1 saturated heterocycles. The third-order valence-electron chi connectivity index (χ3n) is 4.52. The van der Waals surface area contributed by atoms with Gasteiger partial charge < -0.3 is 10.2 Å². The molecule has 0 radical (unpaired) electrons. The third-order valence-corrected chi connectivity index (χ3v) is 5.62. The van der Waals surface area contributed by atoms with Gasteiger partial charge in [-0.2, -0.15) is 0 Å². The Kier molecular flexibility index (Phi) is 4.04. The summed E-state index contributed by atoms with van der Waals surface area (Å²) in [7, 11) is 0. The molecule has 1 aliphatic carbocycles. The van der Waals surface area contributed by atoms with E-state index in [-0.39, 0.29) is 5.54 Å². The molecule has 112 valence electrons. The quantitative estimate of drug-likeness (QED) is 0.806. The summed E-state index contributed by atoms with van der Waals surface area (Å²) in [5.41, 5.74) is 1.68. The summed E-state index contributed by atoms with van der Waals surface area (Å²) in [6.45, 7) is 10.2. The highest BCUT2D eigenvalue weighted by Gasteiger charge is 2.36. The van der Waals surface area contributed by atoms with E-state index in [1.54, 1.807) is 0 Å². The van der Waals surface area contributed by atoms with Gasteiger partial charge in [0.05, 0.1) is 5.69 Å². The van der Waals surface area contributed by atoms with Crippen LogP contribution < -0.4 is 10.2 Å². The molecule has 0 unspecified atom stereocenters. The van der Waals surface area contributed by atoms with E-state index in [4.69, 9.17) is 4.98 Å². The maximum absolute atomic E-state index is 5.03. The topological polar surface area (TPSA) is 28.2 Å². The fourth-order valence-corrected chi connectivity index (χ4v) is 4.41. The molecule has 1 aromatic rings. The van der Waals surface area contributed by atoms with Crippen LogP contribution in [0.3, 0.4) is 0 Å². The first-order chi connectivity index (χ1) is 9.62. The molecule has 1 saturated carbocycles. The number of nitrogens with zero attached hydrogens (tertiary/aromatic N) is 2. The molecule has 3 nitrogen and oxygen atoms in total. The molecule has 0 spiro atoms. The van der Waals surface area contributed by atoms with Crippen molar-refractivity contribution in [2.75, 3.05) is 18.0 Å². The van der Waals surface area contributed by atoms with Gasteiger partial charge in [-0.05, 0) is 52.5 Å². The number of aromatic nitrogens is 1. The fraction of sp³-hybridized carbons (Fsp3) is 0.812. The minimum absolute atomic E-state index is 0.285. The molecule has 0 aromatic carbocycles. The van der Waals surface area contributed by atoms with Gasteiger partial charge in [0, 0.05) is 29.4 Å². The molecule has 1 N–H and O–H groups in total. The van der Waals surface area contributed by atoms with E-state index >= 15 is 0 Å². The van der Waals surface area contributed by atoms with Crippen molar-refractivity contribution in [3.63, 3.8) is 0 Å². The van der Waals surface area contributed by atoms with E-state index in [9.17, 15) is 0 Å². The molecule has 1 aliphatic heterocycles. The van der Waals surface area contributed by atoms with Crippen LogP contribution in [0.15, 0.2) is 0 Å². The Labute approximate surface area is 126 Å². The van der Waals surface area contributed by atoms with Gasteiger partial charge in [0.25, 0.3) is 0 Å². The summed E-state index contributed by atoms with van der Waals surface area (Å²) in [6, 6.07) is 0. The van der Waals surface area contributed by atoms with Crippen LogP contribution in [-0.2, 0) is 6.54 Å². The lowest BCUT2D eigenvalue weighted by molar-refractivity contribution is 0.517. The van der Waals surface area contributed by atoms with Crippen LogP contribution in [0.2, 0.25) is 0 Å². The lowest BCUT2D eigenvalue weighted by atomic mass is 10.0. The summed E-state index contributed by atoms with van der Waals surface area (Å²) >= 11 is 1.93. The number of anilines is 1. The molecule has 2 fully saturated rings. The second-order valence-electron chi connectivity index (χ2n) is 6.82. The third kappa shape index (κ3) is 2.86. The van der Waals surface area contributed by atoms with Crippen LogP contribution >= 0.6 is 11.3 Å². The van der Waals surface area contributed by atoms with Crippen LogP contribution in [0.5, 0.6) is 0 Å². The summed E-state index contributed by atoms with van der Waals surface area (Å²) in [6.07, 6.45) is 6.47. The van der Waals surface area contributed by atoms with Gasteiger partial charge >= 0.3 is 0 Å². The van der Waals surface area contributed by atoms with Crippen molar-refractivity contribution in [2.24, 2.45) is 0 Å². The Balaban J connectivity index is 1.79. The lowest BCUT2D eigenvalue weighted by Gasteiger charge is -2.31. The fourth-order valence-electron chi connectivity index (χ4n) is 3.11. The van der Waals surface area contributed by atoms with Gasteiger partial charge in [-0.1, -0.05) is 6.92 Å². The maximum Gasteiger partial charge on any atom is 0.186 e. The highest BCUT2D eigenvalue weighted by Crippen LogP contribution is 2.45. The minimum Gasteiger partial charge on any atom is -0.343 e. The van der Waals surface area contributed by atoms with Crippen molar-refractivity contribution in [3.8, 4) is 0 Å². The summed E-state index contributed by atoms with van der Waals surface area (Å²) < 4.78 is 0. The van der Waals surface area contributed by atoms with Gasteiger partial charge in [0.15, 0.2) is 5.13 Å². The smallest absolute Gasteiger partial charge is 0.186 e. The van der Waals surface area contributed by atoms with E-state index in [0.717, 1.165) is 19.0 Å². The van der Waals surface area contributed by atoms with Crippen molar-refractivity contribution in [2.45, 2.75) is 70.9 Å². The number of hydrogen-bond acceptors (Lipinski definition) is 4. The van der Waals surface area contributed by atoms with E-state index in [1.807, 2.05) is 11.3 Å². The number of rotatable bonds is 6. The van der Waals surface area contributed by atoms with Crippen molar-refractivity contribution in [3.05, 3.63) is 10.6 Å². The maximum atomic E-state index is 5.03. The van der Waals surface area contributed by atoms with E-state index in [0.29, 0.717) is 0 Å². The first-order valence-electron chi connectivity index (χ1n) is 8.10. The summed E-state index contributed by atoms with van der Waals surface area (Å²) in [4.78, 5) is 9.05. The molecular formula is C16H27N3S. The van der Waals surface area contributed by atoms with E-state index in [1.165, 1.54) is 54.4 Å². The highest BCUT2D eigenvalue weighted by molar-refractivity contribution is 7.15. The van der Waals surface area contributed by atoms with Crippen molar-refractivity contribution in [1.82, 2.24) is 10.3 Å². The predicted octanol–water partition coefficient (Wildman–Crippen LogP) is 3.90. The molecule has 2 heterocycles. The Morgan fingerprint density at radius 1 is 1.40 bits per heavy atom. The van der Waals surface area contributed by atoms with Crippen LogP contribution in [0, 0.1) is 0 Å². The number of hydrogen-bond donors (Lipinski definition) is 1. The normalized spacial score (nSPS) is 21.6. The molecule has 3 rings (SSSR count). The lowest BCUT2D eigenvalue weighted by Crippen LogP contribution is -2.38. The monoisotopic (exact) mass is 293 g/mol. The second kappa shape index (κ2) is 5.64. The molecule has 4 heteroatoms. The van der Waals surface area contributed by atoms with Gasteiger partial charge in [0.1, 0.15) is 0 Å². The summed E-state index contributed by atoms with van der Waals surface area (Å²) in [5.74, 6) is 0.754. The number of thiazole rings is 1. The van der Waals surface area contributed by atoms with Gasteiger partial charge in [0.2, 0.25) is 0 Å². The largest absolute Gasteiger partial charge is 0.343 e. The zero-order valence-corrected chi connectivity index (χ0v) is 13.9. The predicted molar refractivity (Wildman–Crippen MR) is 86.7 cm³/mol. The molecular weight excluding hydrogens is 266 g/mol. The molecule has 20 heavy (non-hydrogen) atoms. The SMILES string of the molecule is CCCNCc1sc(N2CCCC2(C)C)nc1C1CC1. The molecule has 0 atom stereocenters. The van der Waals surface area contributed by atoms with Gasteiger partial charge in [-0.25, -0.2) is 4.98 Å². The van der Waals surface area contributed by atoms with Crippen molar-refractivity contribution >= 4 is 16.5 Å². The van der Waals surface area contributed by atoms with Crippen LogP contribution in [0.25, 0.3) is 0 Å². The zero-order valence-electron chi connectivity index (χ0n) is 13.0. The first-order valence-corrected chi connectivity index (χ1v) is 8.91. The molecule has 0 amide bonds. The van der Waals surface area contributed by atoms with Crippen molar-refractivity contribution < 1.29 is 0 Å². The Morgan fingerprint density at radius 3 is 2.80 bits per heavy atom. The standard InChI is InChI=1S/C16H27N3S/c1-4-9-17-11-13-14(12-6-7-12)18-15(20-13)19-10-5-8-16(19,2)3/h12,17H,4-11H2,1-3H3. The molecule has 1 aromatic heterocycles. The minimum atomic E-state index is 0.285. The average Bonchev–Trinajstić information content (AvgIpc) is 3.07. The van der Waals surface area contributed by atoms with E-state index < -0.39 is 0 Å². The van der Waals surface area contributed by atoms with Crippen LogP contribution in [-0.4, -0.2) is 23.6 Å². The first kappa shape index (κ1) is 14.3. The van der Waals surface area contributed by atoms with Crippen molar-refractivity contribution in [1.29, 1.82) is 0 Å². The van der Waals surface area contributed by atoms with E-state index in [2.05, 4.69) is 31.0 Å². The van der Waals surface area contributed by atoms with Crippen LogP contribution in [0.4, 0.5) is 5.13 Å².